The highest BCUT2D eigenvalue weighted by Gasteiger charge is 2.28. The number of nitrogens with zero attached hydrogens (tertiary/aromatic N) is 4. The molecule has 1 rings (SSSR count). The SMILES string of the molecule is CNC(=O)CCC(C(=O)O)N1CCN(CCO)CCN(CC(=O)O)CCN(CC(=O)O)CC1. The van der Waals surface area contributed by atoms with E-state index in [0.29, 0.717) is 45.8 Å². The molecule has 1 aliphatic rings. The minimum Gasteiger partial charge on any atom is -0.480 e. The summed E-state index contributed by atoms with van der Waals surface area (Å²) in [7, 11) is 1.48. The minimum absolute atomic E-state index is 0.0489. The molecule has 0 saturated carbocycles. The van der Waals surface area contributed by atoms with Crippen molar-refractivity contribution in [2.45, 2.75) is 18.9 Å². The Morgan fingerprint density at radius 3 is 1.67 bits per heavy atom. The maximum atomic E-state index is 12.0. The van der Waals surface area contributed by atoms with Crippen LogP contribution in [0.4, 0.5) is 0 Å². The average molecular weight is 476 g/mol. The highest BCUT2D eigenvalue weighted by molar-refractivity contribution is 5.78. The molecule has 13 heteroatoms. The predicted octanol–water partition coefficient (Wildman–Crippen LogP) is -2.65. The number of β-amino-alcohol motifs (C(OH)–C–C–N with tert-alkyl or cyclic N) is 1. The lowest BCUT2D eigenvalue weighted by atomic mass is 10.1. The average Bonchev–Trinajstić information content (AvgIpc) is 2.73. The Morgan fingerprint density at radius 1 is 0.788 bits per heavy atom. The molecule has 190 valence electrons. The summed E-state index contributed by atoms with van der Waals surface area (Å²) in [6.07, 6.45) is 0.160. The van der Waals surface area contributed by atoms with Crippen LogP contribution in [0.15, 0.2) is 0 Å². The van der Waals surface area contributed by atoms with Crippen LogP contribution in [0.3, 0.4) is 0 Å². The van der Waals surface area contributed by atoms with E-state index in [-0.39, 0.29) is 51.5 Å². The summed E-state index contributed by atoms with van der Waals surface area (Å²) in [5, 5.41) is 40.2. The highest BCUT2D eigenvalue weighted by Crippen LogP contribution is 2.10. The Balaban J connectivity index is 3.05. The van der Waals surface area contributed by atoms with Crippen molar-refractivity contribution in [1.82, 2.24) is 24.9 Å². The second kappa shape index (κ2) is 15.5. The van der Waals surface area contributed by atoms with Gasteiger partial charge < -0.3 is 25.7 Å². The molecule has 1 unspecified atom stereocenters. The van der Waals surface area contributed by atoms with E-state index in [1.807, 2.05) is 4.90 Å². The van der Waals surface area contributed by atoms with Crippen LogP contribution >= 0.6 is 0 Å². The van der Waals surface area contributed by atoms with Gasteiger partial charge in [0.05, 0.1) is 19.7 Å². The number of hydrogen-bond acceptors (Lipinski definition) is 9. The quantitative estimate of drug-likeness (QED) is 0.210. The summed E-state index contributed by atoms with van der Waals surface area (Å²) in [6, 6.07) is -0.920. The fourth-order valence-corrected chi connectivity index (χ4v) is 3.78. The zero-order valence-electron chi connectivity index (χ0n) is 19.2. The number of aliphatic hydroxyl groups is 1. The van der Waals surface area contributed by atoms with Crippen molar-refractivity contribution in [2.24, 2.45) is 0 Å². The Bertz CT molecular complexity index is 650. The molecule has 33 heavy (non-hydrogen) atoms. The molecule has 0 aliphatic carbocycles. The molecule has 1 amide bonds. The number of carboxylic acid groups (broad SMARTS) is 3. The van der Waals surface area contributed by atoms with Crippen LogP contribution < -0.4 is 5.32 Å². The third-order valence-electron chi connectivity index (χ3n) is 5.66. The first-order valence-electron chi connectivity index (χ1n) is 11.0. The van der Waals surface area contributed by atoms with Crippen LogP contribution in [0, 0.1) is 0 Å². The number of carboxylic acids is 3. The maximum absolute atomic E-state index is 12.0. The standard InChI is InChI=1S/C20H37N5O8/c1-21-17(27)3-2-16(20(32)33)25-10-8-22(12-13-26)4-5-23(14-18(28)29)6-7-24(9-11-25)15-19(30)31/h16,26H,2-15H2,1H3,(H,21,27)(H,28,29)(H,30,31)(H,32,33). The Hall–Kier alpha value is -2.32. The lowest BCUT2D eigenvalue weighted by Gasteiger charge is -2.35. The van der Waals surface area contributed by atoms with Crippen molar-refractivity contribution in [3.8, 4) is 0 Å². The van der Waals surface area contributed by atoms with Crippen molar-refractivity contribution in [2.75, 3.05) is 85.6 Å². The van der Waals surface area contributed by atoms with Gasteiger partial charge in [0.1, 0.15) is 6.04 Å². The Kier molecular flexibility index (Phi) is 13.5. The van der Waals surface area contributed by atoms with E-state index in [9.17, 15) is 39.6 Å². The number of carbonyl (C=O) groups is 4. The molecule has 1 atom stereocenters. The molecule has 0 spiro atoms. The van der Waals surface area contributed by atoms with Gasteiger partial charge in [0, 0.05) is 72.4 Å². The number of nitrogens with one attached hydrogen (secondary N) is 1. The van der Waals surface area contributed by atoms with Gasteiger partial charge in [0.15, 0.2) is 0 Å². The smallest absolute Gasteiger partial charge is 0.320 e. The number of hydrogen-bond donors (Lipinski definition) is 5. The van der Waals surface area contributed by atoms with Crippen LogP contribution in [0.1, 0.15) is 12.8 Å². The monoisotopic (exact) mass is 475 g/mol. The van der Waals surface area contributed by atoms with E-state index in [1.54, 1.807) is 14.7 Å². The number of aliphatic hydroxyl groups excluding tert-OH is 1. The summed E-state index contributed by atoms with van der Waals surface area (Å²) in [5.74, 6) is -3.32. The summed E-state index contributed by atoms with van der Waals surface area (Å²) in [4.78, 5) is 53.3. The molecular weight excluding hydrogens is 438 g/mol. The fraction of sp³-hybridized carbons (Fsp3) is 0.800. The van der Waals surface area contributed by atoms with Gasteiger partial charge in [0.2, 0.25) is 5.91 Å². The molecule has 1 aliphatic heterocycles. The summed E-state index contributed by atoms with van der Waals surface area (Å²) < 4.78 is 0. The van der Waals surface area contributed by atoms with Gasteiger partial charge in [-0.1, -0.05) is 0 Å². The van der Waals surface area contributed by atoms with Gasteiger partial charge >= 0.3 is 17.9 Å². The van der Waals surface area contributed by atoms with E-state index in [4.69, 9.17) is 0 Å². The van der Waals surface area contributed by atoms with Crippen LogP contribution in [0.5, 0.6) is 0 Å². The maximum Gasteiger partial charge on any atom is 0.320 e. The van der Waals surface area contributed by atoms with Crippen LogP contribution in [-0.2, 0) is 19.2 Å². The Labute approximate surface area is 193 Å². The second-order valence-corrected chi connectivity index (χ2v) is 8.01. The van der Waals surface area contributed by atoms with E-state index in [2.05, 4.69) is 5.32 Å². The van der Waals surface area contributed by atoms with Gasteiger partial charge in [0.25, 0.3) is 0 Å². The normalized spacial score (nSPS) is 19.2. The Morgan fingerprint density at radius 2 is 1.24 bits per heavy atom. The first-order valence-corrected chi connectivity index (χ1v) is 11.0. The van der Waals surface area contributed by atoms with E-state index in [1.165, 1.54) is 7.05 Å². The first kappa shape index (κ1) is 28.7. The largest absolute Gasteiger partial charge is 0.480 e. The molecule has 0 aromatic heterocycles. The van der Waals surface area contributed by atoms with Gasteiger partial charge in [-0.25, -0.2) is 0 Å². The lowest BCUT2D eigenvalue weighted by molar-refractivity contribution is -0.144. The third kappa shape index (κ3) is 11.9. The van der Waals surface area contributed by atoms with Crippen molar-refractivity contribution in [1.29, 1.82) is 0 Å². The van der Waals surface area contributed by atoms with Crippen LogP contribution in [-0.4, -0.2) is 156 Å². The highest BCUT2D eigenvalue weighted by atomic mass is 16.4. The zero-order valence-corrected chi connectivity index (χ0v) is 19.2. The van der Waals surface area contributed by atoms with E-state index in [0.717, 1.165) is 0 Å². The van der Waals surface area contributed by atoms with Crippen molar-refractivity contribution in [3.05, 3.63) is 0 Å². The first-order chi connectivity index (χ1) is 15.7. The number of rotatable bonds is 11. The second-order valence-electron chi connectivity index (χ2n) is 8.01. The molecular formula is C20H37N5O8. The molecule has 0 bridgehead atoms. The topological polar surface area (TPSA) is 174 Å². The third-order valence-corrected chi connectivity index (χ3v) is 5.66. The number of aliphatic carboxylic acids is 3. The molecule has 13 nitrogen and oxygen atoms in total. The summed E-state index contributed by atoms with van der Waals surface area (Å²) >= 11 is 0. The molecule has 1 saturated heterocycles. The molecule has 0 aromatic carbocycles. The van der Waals surface area contributed by atoms with Crippen molar-refractivity contribution in [3.63, 3.8) is 0 Å². The van der Waals surface area contributed by atoms with Gasteiger partial charge in [-0.3, -0.25) is 38.8 Å². The number of carbonyl (C=O) groups excluding carboxylic acids is 1. The zero-order chi connectivity index (χ0) is 24.8. The molecule has 0 aromatic rings. The van der Waals surface area contributed by atoms with E-state index >= 15 is 0 Å². The lowest BCUT2D eigenvalue weighted by Crippen LogP contribution is -2.51. The van der Waals surface area contributed by atoms with E-state index < -0.39 is 23.9 Å². The van der Waals surface area contributed by atoms with Crippen molar-refractivity contribution >= 4 is 23.8 Å². The predicted molar refractivity (Wildman–Crippen MR) is 118 cm³/mol. The molecule has 1 fully saturated rings. The molecule has 1 heterocycles. The minimum atomic E-state index is -1.06. The van der Waals surface area contributed by atoms with Crippen LogP contribution in [0.25, 0.3) is 0 Å². The summed E-state index contributed by atoms with van der Waals surface area (Å²) in [5.41, 5.74) is 0. The fourth-order valence-electron chi connectivity index (χ4n) is 3.78. The summed E-state index contributed by atoms with van der Waals surface area (Å²) in [6.45, 7) is 2.68. The van der Waals surface area contributed by atoms with Crippen molar-refractivity contribution < 1.29 is 39.6 Å². The van der Waals surface area contributed by atoms with Crippen LogP contribution in [0.2, 0.25) is 0 Å². The molecule has 0 radical (unpaired) electrons. The molecule has 5 N–H and O–H groups in total. The van der Waals surface area contributed by atoms with Gasteiger partial charge in [-0.05, 0) is 6.42 Å². The van der Waals surface area contributed by atoms with Gasteiger partial charge in [-0.15, -0.1) is 0 Å². The van der Waals surface area contributed by atoms with Gasteiger partial charge in [-0.2, -0.15) is 0 Å². The number of amides is 1.